The van der Waals surface area contributed by atoms with Crippen molar-refractivity contribution < 1.29 is 11.0 Å². The van der Waals surface area contributed by atoms with Crippen molar-refractivity contribution in [2.24, 2.45) is 0 Å². The third kappa shape index (κ3) is 4.13. The Hall–Kier alpha value is -3.42. The van der Waals surface area contributed by atoms with E-state index in [1.54, 1.807) is 13.1 Å². The molecule has 0 saturated carbocycles. The van der Waals surface area contributed by atoms with Crippen LogP contribution >= 0.6 is 0 Å². The first-order valence-corrected chi connectivity index (χ1v) is 12.2. The van der Waals surface area contributed by atoms with Gasteiger partial charge in [-0.05, 0) is 51.3 Å². The smallest absolute Gasteiger partial charge is 0.255 e. The first-order valence-electron chi connectivity index (χ1n) is 12.2. The fraction of sp³-hybridized carbons (Fsp3) is 0.462. The zero-order chi connectivity index (χ0) is 23.8. The van der Waals surface area contributed by atoms with E-state index in [0.29, 0.717) is 5.56 Å². The molecule has 8 nitrogen and oxygen atoms in total. The number of piperazine rings is 1. The van der Waals surface area contributed by atoms with E-state index in [2.05, 4.69) is 28.7 Å². The summed E-state index contributed by atoms with van der Waals surface area (Å²) in [6.07, 6.45) is 6.89. The van der Waals surface area contributed by atoms with E-state index in [-0.39, 0.29) is 25.3 Å². The van der Waals surface area contributed by atoms with Crippen LogP contribution in [0.5, 0.6) is 0 Å². The van der Waals surface area contributed by atoms with Crippen molar-refractivity contribution in [3.05, 3.63) is 42.2 Å². The van der Waals surface area contributed by atoms with Gasteiger partial charge in [-0.1, -0.05) is 6.07 Å². The van der Waals surface area contributed by atoms with Crippen LogP contribution < -0.4 is 4.90 Å². The van der Waals surface area contributed by atoms with Crippen LogP contribution in [0.25, 0.3) is 22.3 Å². The van der Waals surface area contributed by atoms with Gasteiger partial charge in [-0.25, -0.2) is 9.97 Å². The average Bonchev–Trinajstić information content (AvgIpc) is 3.27. The van der Waals surface area contributed by atoms with Gasteiger partial charge in [0.1, 0.15) is 11.5 Å². The van der Waals surface area contributed by atoms with E-state index >= 15 is 0 Å². The summed E-state index contributed by atoms with van der Waals surface area (Å²) in [6, 6.07) is 8.20. The number of hydrogen-bond acceptors (Lipinski definition) is 5. The lowest BCUT2D eigenvalue weighted by atomic mass is 10.1. The number of fused-ring (bicyclic) bond motifs is 1. The second-order valence-electron chi connectivity index (χ2n) is 9.59. The number of amides is 2. The summed E-state index contributed by atoms with van der Waals surface area (Å²) in [5.74, 6) is 1.05. The van der Waals surface area contributed by atoms with E-state index in [9.17, 15) is 9.59 Å². The predicted octanol–water partition coefficient (Wildman–Crippen LogP) is 3.94. The molecule has 180 valence electrons. The number of aromatic nitrogens is 3. The second kappa shape index (κ2) is 9.08. The fourth-order valence-corrected chi connectivity index (χ4v) is 5.49. The number of likely N-dealkylation sites (tertiary alicyclic amines) is 1. The van der Waals surface area contributed by atoms with Gasteiger partial charge in [-0.3, -0.25) is 9.59 Å². The molecular formula is C26H34N6O2. The topological polar surface area (TPSA) is 85.4 Å². The van der Waals surface area contributed by atoms with Crippen LogP contribution in [-0.2, 0) is 4.79 Å². The highest BCUT2D eigenvalue weighted by atomic mass is 16.2. The van der Waals surface area contributed by atoms with Crippen molar-refractivity contribution in [1.82, 2.24) is 24.8 Å². The maximum Gasteiger partial charge on any atom is 0.255 e. The molecule has 0 spiro atoms. The van der Waals surface area contributed by atoms with Gasteiger partial charge in [-0.2, -0.15) is 0 Å². The van der Waals surface area contributed by atoms with Crippen LogP contribution in [-0.4, -0.2) is 74.8 Å². The standard InChI is InChI=1S/C26H32N6O2.H2/c1-17-15-31(16-18(2)32(17)19(3)33)24-9-7-8-23(29-24)22-14-28-25-21(22)12-20(13-27-25)26(34)30-10-5-4-6-11-30;/h7-9,12-14,17-18H,4-6,10-11,15-16H2,1-3H3,(H,27,28);1H/t17-,18+;. The van der Waals surface area contributed by atoms with Gasteiger partial charge in [0.25, 0.3) is 5.91 Å². The highest BCUT2D eigenvalue weighted by Crippen LogP contribution is 2.30. The maximum absolute atomic E-state index is 13.0. The summed E-state index contributed by atoms with van der Waals surface area (Å²) in [5, 5.41) is 0.899. The molecule has 3 aromatic heterocycles. The van der Waals surface area contributed by atoms with Crippen molar-refractivity contribution in [3.63, 3.8) is 0 Å². The largest absolute Gasteiger partial charge is 0.352 e. The molecule has 0 bridgehead atoms. The Labute approximate surface area is 201 Å². The Kier molecular flexibility index (Phi) is 5.98. The third-order valence-electron chi connectivity index (χ3n) is 7.04. The van der Waals surface area contributed by atoms with Crippen LogP contribution in [0.4, 0.5) is 5.82 Å². The third-order valence-corrected chi connectivity index (χ3v) is 7.04. The maximum atomic E-state index is 13.0. The normalized spacial score (nSPS) is 21.2. The number of hydrogen-bond donors (Lipinski definition) is 1. The van der Waals surface area contributed by atoms with Gasteiger partial charge in [0.2, 0.25) is 5.91 Å². The van der Waals surface area contributed by atoms with Gasteiger partial charge in [0.15, 0.2) is 0 Å². The number of carbonyl (C=O) groups is 2. The number of nitrogens with one attached hydrogen (secondary N) is 1. The molecule has 5 heterocycles. The minimum Gasteiger partial charge on any atom is -0.352 e. The number of pyridine rings is 2. The lowest BCUT2D eigenvalue weighted by Gasteiger charge is -2.44. The SMILES string of the molecule is CC(=O)N1[C@H](C)CN(c2cccc(-c3c[nH]c4ncc(C(=O)N5CCCCC5)cc34)n2)C[C@@H]1C.[HH]. The van der Waals surface area contributed by atoms with E-state index in [1.807, 2.05) is 40.3 Å². The summed E-state index contributed by atoms with van der Waals surface area (Å²) in [7, 11) is 0. The van der Waals surface area contributed by atoms with Crippen LogP contribution in [0.2, 0.25) is 0 Å². The van der Waals surface area contributed by atoms with Gasteiger partial charge in [0, 0.05) is 70.0 Å². The summed E-state index contributed by atoms with van der Waals surface area (Å²) in [5.41, 5.74) is 3.13. The van der Waals surface area contributed by atoms with E-state index in [1.165, 1.54) is 6.42 Å². The lowest BCUT2D eigenvalue weighted by Crippen LogP contribution is -2.58. The lowest BCUT2D eigenvalue weighted by molar-refractivity contribution is -0.133. The van der Waals surface area contributed by atoms with E-state index < -0.39 is 0 Å². The highest BCUT2D eigenvalue weighted by Gasteiger charge is 2.31. The van der Waals surface area contributed by atoms with Crippen molar-refractivity contribution >= 4 is 28.7 Å². The molecule has 34 heavy (non-hydrogen) atoms. The molecule has 0 radical (unpaired) electrons. The van der Waals surface area contributed by atoms with Crippen molar-refractivity contribution in [1.29, 1.82) is 0 Å². The first-order chi connectivity index (χ1) is 16.4. The Balaban J connectivity index is 0.00000289. The van der Waals surface area contributed by atoms with E-state index in [0.717, 1.165) is 67.1 Å². The summed E-state index contributed by atoms with van der Waals surface area (Å²) < 4.78 is 0. The molecule has 2 atom stereocenters. The van der Waals surface area contributed by atoms with Gasteiger partial charge < -0.3 is 19.7 Å². The zero-order valence-corrected chi connectivity index (χ0v) is 20.1. The minimum atomic E-state index is 0. The number of nitrogens with zero attached hydrogens (tertiary/aromatic N) is 5. The molecule has 8 heteroatoms. The number of aromatic amines is 1. The molecule has 2 aliphatic heterocycles. The minimum absolute atomic E-state index is 0. The number of piperidine rings is 1. The summed E-state index contributed by atoms with van der Waals surface area (Å²) in [4.78, 5) is 43.9. The van der Waals surface area contributed by atoms with Crippen LogP contribution in [0.1, 0.15) is 51.8 Å². The molecular weight excluding hydrogens is 428 g/mol. The monoisotopic (exact) mass is 462 g/mol. The molecule has 2 fully saturated rings. The molecule has 0 aliphatic carbocycles. The molecule has 3 aromatic rings. The number of rotatable bonds is 3. The second-order valence-corrected chi connectivity index (χ2v) is 9.59. The Bertz CT molecular complexity index is 1210. The molecule has 0 unspecified atom stereocenters. The van der Waals surface area contributed by atoms with Gasteiger partial charge >= 0.3 is 0 Å². The number of H-pyrrole nitrogens is 1. The van der Waals surface area contributed by atoms with Crippen molar-refractivity contribution in [2.75, 3.05) is 31.1 Å². The molecule has 2 aliphatic rings. The predicted molar refractivity (Wildman–Crippen MR) is 135 cm³/mol. The Morgan fingerprint density at radius 1 is 1.09 bits per heavy atom. The van der Waals surface area contributed by atoms with Crippen molar-refractivity contribution in [2.45, 2.75) is 52.1 Å². The van der Waals surface area contributed by atoms with Crippen molar-refractivity contribution in [3.8, 4) is 11.3 Å². The highest BCUT2D eigenvalue weighted by molar-refractivity contribution is 6.00. The Morgan fingerprint density at radius 3 is 2.53 bits per heavy atom. The van der Waals surface area contributed by atoms with Gasteiger partial charge in [0.05, 0.1) is 11.3 Å². The summed E-state index contributed by atoms with van der Waals surface area (Å²) >= 11 is 0. The molecule has 2 saturated heterocycles. The Morgan fingerprint density at radius 2 is 1.82 bits per heavy atom. The van der Waals surface area contributed by atoms with Gasteiger partial charge in [-0.15, -0.1) is 0 Å². The molecule has 5 rings (SSSR count). The molecule has 1 N–H and O–H groups in total. The van der Waals surface area contributed by atoms with Crippen LogP contribution in [0.15, 0.2) is 36.7 Å². The molecule has 2 amide bonds. The zero-order valence-electron chi connectivity index (χ0n) is 20.1. The number of carbonyl (C=O) groups excluding carboxylic acids is 2. The summed E-state index contributed by atoms with van der Waals surface area (Å²) in [6.45, 7) is 8.91. The quantitative estimate of drug-likeness (QED) is 0.637. The average molecular weight is 463 g/mol. The number of anilines is 1. The molecule has 0 aromatic carbocycles. The van der Waals surface area contributed by atoms with Crippen LogP contribution in [0.3, 0.4) is 0 Å². The van der Waals surface area contributed by atoms with E-state index in [4.69, 9.17) is 4.98 Å². The van der Waals surface area contributed by atoms with Crippen LogP contribution in [0, 0.1) is 0 Å². The fourth-order valence-electron chi connectivity index (χ4n) is 5.49. The first kappa shape index (κ1) is 22.4.